The maximum Gasteiger partial charge on any atom is 0.262 e. The van der Waals surface area contributed by atoms with Crippen molar-refractivity contribution >= 4 is 28.5 Å². The second-order valence-electron chi connectivity index (χ2n) is 2.88. The summed E-state index contributed by atoms with van der Waals surface area (Å²) in [5.41, 5.74) is 0.740. The highest BCUT2D eigenvalue weighted by Crippen LogP contribution is 2.12. The second-order valence-corrected chi connectivity index (χ2v) is 4.04. The van der Waals surface area contributed by atoms with E-state index in [1.807, 2.05) is 36.4 Å². The van der Waals surface area contributed by atoms with E-state index in [1.54, 1.807) is 17.0 Å². The molecule has 1 aromatic carbocycles. The molecule has 0 fully saturated rings. The van der Waals surface area contributed by atoms with Gasteiger partial charge in [0, 0.05) is 16.0 Å². The van der Waals surface area contributed by atoms with E-state index >= 15 is 0 Å². The van der Waals surface area contributed by atoms with Gasteiger partial charge in [0.1, 0.15) is 0 Å². The SMILES string of the molecule is O=C(c1ccccc1I)n1cccc1. The van der Waals surface area contributed by atoms with Crippen LogP contribution in [0.15, 0.2) is 48.8 Å². The lowest BCUT2D eigenvalue weighted by molar-refractivity contribution is 0.0959. The van der Waals surface area contributed by atoms with Crippen LogP contribution in [0.1, 0.15) is 10.4 Å². The molecule has 0 spiro atoms. The Hall–Kier alpha value is -1.10. The number of halogens is 1. The summed E-state index contributed by atoms with van der Waals surface area (Å²) >= 11 is 2.17. The van der Waals surface area contributed by atoms with Crippen LogP contribution < -0.4 is 0 Å². The monoisotopic (exact) mass is 297 g/mol. The lowest BCUT2D eigenvalue weighted by atomic mass is 10.2. The highest BCUT2D eigenvalue weighted by molar-refractivity contribution is 14.1. The van der Waals surface area contributed by atoms with Crippen molar-refractivity contribution in [3.63, 3.8) is 0 Å². The number of benzene rings is 1. The molecule has 0 saturated heterocycles. The molecule has 0 saturated carbocycles. The molecule has 3 heteroatoms. The summed E-state index contributed by atoms with van der Waals surface area (Å²) in [7, 11) is 0. The minimum Gasteiger partial charge on any atom is -0.291 e. The summed E-state index contributed by atoms with van der Waals surface area (Å²) in [6.45, 7) is 0. The number of carbonyl (C=O) groups is 1. The molecule has 0 aliphatic heterocycles. The summed E-state index contributed by atoms with van der Waals surface area (Å²) in [6, 6.07) is 11.2. The van der Waals surface area contributed by atoms with Gasteiger partial charge in [0.25, 0.3) is 5.91 Å². The van der Waals surface area contributed by atoms with Gasteiger partial charge in [0.15, 0.2) is 0 Å². The second kappa shape index (κ2) is 3.96. The molecule has 0 bridgehead atoms. The molecule has 0 aliphatic carbocycles. The molecule has 0 unspecified atom stereocenters. The third kappa shape index (κ3) is 1.72. The van der Waals surface area contributed by atoms with Gasteiger partial charge < -0.3 is 0 Å². The standard InChI is InChI=1S/C11H8INO/c12-10-6-2-1-5-9(10)11(14)13-7-3-4-8-13/h1-8H. The largest absolute Gasteiger partial charge is 0.291 e. The molecule has 0 amide bonds. The van der Waals surface area contributed by atoms with Crippen LogP contribution in [0.4, 0.5) is 0 Å². The number of carbonyl (C=O) groups excluding carboxylic acids is 1. The van der Waals surface area contributed by atoms with Crippen molar-refractivity contribution in [2.45, 2.75) is 0 Å². The quantitative estimate of drug-likeness (QED) is 0.742. The summed E-state index contributed by atoms with van der Waals surface area (Å²) in [5.74, 6) is 0.0139. The summed E-state index contributed by atoms with van der Waals surface area (Å²) < 4.78 is 2.56. The Bertz CT molecular complexity index is 448. The molecular weight excluding hydrogens is 289 g/mol. The molecule has 2 rings (SSSR count). The highest BCUT2D eigenvalue weighted by Gasteiger charge is 2.09. The van der Waals surface area contributed by atoms with Gasteiger partial charge in [0.05, 0.1) is 5.56 Å². The van der Waals surface area contributed by atoms with Gasteiger partial charge in [-0.1, -0.05) is 12.1 Å². The van der Waals surface area contributed by atoms with Gasteiger partial charge >= 0.3 is 0 Å². The molecule has 0 atom stereocenters. The zero-order chi connectivity index (χ0) is 9.97. The fraction of sp³-hybridized carbons (Fsp3) is 0. The van der Waals surface area contributed by atoms with Crippen molar-refractivity contribution < 1.29 is 4.79 Å². The number of hydrogen-bond acceptors (Lipinski definition) is 1. The molecule has 2 aromatic rings. The number of nitrogens with zero attached hydrogens (tertiary/aromatic N) is 1. The van der Waals surface area contributed by atoms with Crippen LogP contribution in [-0.2, 0) is 0 Å². The van der Waals surface area contributed by atoms with Gasteiger partial charge in [-0.15, -0.1) is 0 Å². The number of rotatable bonds is 1. The summed E-state index contributed by atoms with van der Waals surface area (Å²) in [5, 5.41) is 0. The van der Waals surface area contributed by atoms with Crippen LogP contribution in [-0.4, -0.2) is 10.5 Å². The van der Waals surface area contributed by atoms with E-state index in [0.29, 0.717) is 0 Å². The van der Waals surface area contributed by atoms with Crippen LogP contribution in [0.5, 0.6) is 0 Å². The van der Waals surface area contributed by atoms with Crippen LogP contribution in [0.2, 0.25) is 0 Å². The Morgan fingerprint density at radius 2 is 1.71 bits per heavy atom. The maximum atomic E-state index is 11.9. The zero-order valence-electron chi connectivity index (χ0n) is 7.35. The van der Waals surface area contributed by atoms with E-state index < -0.39 is 0 Å². The number of hydrogen-bond donors (Lipinski definition) is 0. The van der Waals surface area contributed by atoms with Crippen LogP contribution in [0, 0.1) is 3.57 Å². The minimum atomic E-state index is 0.0139. The zero-order valence-corrected chi connectivity index (χ0v) is 9.51. The molecule has 2 nitrogen and oxygen atoms in total. The van der Waals surface area contributed by atoms with Crippen LogP contribution >= 0.6 is 22.6 Å². The fourth-order valence-electron chi connectivity index (χ4n) is 1.24. The Balaban J connectivity index is 2.42. The third-order valence-electron chi connectivity index (χ3n) is 1.94. The first-order valence-corrected chi connectivity index (χ1v) is 5.29. The molecular formula is C11H8INO. The molecule has 70 valence electrons. The van der Waals surface area contributed by atoms with Gasteiger partial charge in [-0.2, -0.15) is 0 Å². The predicted molar refractivity (Wildman–Crippen MR) is 63.3 cm³/mol. The van der Waals surface area contributed by atoms with E-state index in [4.69, 9.17) is 0 Å². The van der Waals surface area contributed by atoms with Crippen LogP contribution in [0.3, 0.4) is 0 Å². The van der Waals surface area contributed by atoms with Crippen molar-refractivity contribution in [3.05, 3.63) is 57.9 Å². The summed E-state index contributed by atoms with van der Waals surface area (Å²) in [6.07, 6.45) is 3.51. The van der Waals surface area contributed by atoms with Crippen molar-refractivity contribution in [2.75, 3.05) is 0 Å². The Kier molecular flexibility index (Phi) is 2.67. The molecule has 0 aliphatic rings. The first-order chi connectivity index (χ1) is 6.79. The molecule has 14 heavy (non-hydrogen) atoms. The third-order valence-corrected chi connectivity index (χ3v) is 2.88. The molecule has 1 aromatic heterocycles. The van der Waals surface area contributed by atoms with Crippen molar-refractivity contribution in [3.8, 4) is 0 Å². The van der Waals surface area contributed by atoms with Crippen molar-refractivity contribution in [2.24, 2.45) is 0 Å². The van der Waals surface area contributed by atoms with Gasteiger partial charge in [0.2, 0.25) is 0 Å². The average molecular weight is 297 g/mol. The van der Waals surface area contributed by atoms with E-state index in [9.17, 15) is 4.79 Å². The van der Waals surface area contributed by atoms with Gasteiger partial charge in [-0.3, -0.25) is 9.36 Å². The Morgan fingerprint density at radius 1 is 1.07 bits per heavy atom. The lowest BCUT2D eigenvalue weighted by Crippen LogP contribution is -2.10. The highest BCUT2D eigenvalue weighted by atomic mass is 127. The van der Waals surface area contributed by atoms with Crippen molar-refractivity contribution in [1.29, 1.82) is 0 Å². The minimum absolute atomic E-state index is 0.0139. The average Bonchev–Trinajstić information content (AvgIpc) is 2.70. The summed E-state index contributed by atoms with van der Waals surface area (Å²) in [4.78, 5) is 11.9. The predicted octanol–water partition coefficient (Wildman–Crippen LogP) is 2.78. The smallest absolute Gasteiger partial charge is 0.262 e. The first-order valence-electron chi connectivity index (χ1n) is 4.21. The first kappa shape index (κ1) is 9.45. The van der Waals surface area contributed by atoms with E-state index in [2.05, 4.69) is 22.6 Å². The lowest BCUT2D eigenvalue weighted by Gasteiger charge is -2.03. The van der Waals surface area contributed by atoms with Gasteiger partial charge in [-0.25, -0.2) is 0 Å². The van der Waals surface area contributed by atoms with E-state index in [1.165, 1.54) is 0 Å². The van der Waals surface area contributed by atoms with Crippen LogP contribution in [0.25, 0.3) is 0 Å². The van der Waals surface area contributed by atoms with Gasteiger partial charge in [-0.05, 0) is 46.9 Å². The van der Waals surface area contributed by atoms with E-state index in [0.717, 1.165) is 9.13 Å². The topological polar surface area (TPSA) is 22.0 Å². The number of aromatic nitrogens is 1. The maximum absolute atomic E-state index is 11.9. The molecule has 0 N–H and O–H groups in total. The molecule has 0 radical (unpaired) electrons. The molecule has 1 heterocycles. The Labute approximate surface area is 95.7 Å². The fourth-order valence-corrected chi connectivity index (χ4v) is 1.86. The normalized spacial score (nSPS) is 10.1. The van der Waals surface area contributed by atoms with Crippen molar-refractivity contribution in [1.82, 2.24) is 4.57 Å². The van der Waals surface area contributed by atoms with E-state index in [-0.39, 0.29) is 5.91 Å². The Morgan fingerprint density at radius 3 is 2.36 bits per heavy atom.